The van der Waals surface area contributed by atoms with Crippen molar-refractivity contribution < 1.29 is 8.42 Å². The number of aromatic nitrogens is 4. The van der Waals surface area contributed by atoms with Gasteiger partial charge in [-0.15, -0.1) is 5.10 Å². The first-order chi connectivity index (χ1) is 10.0. The molecule has 0 spiro atoms. The zero-order valence-corrected chi connectivity index (χ0v) is 13.0. The van der Waals surface area contributed by atoms with E-state index in [1.54, 1.807) is 28.9 Å². The number of rotatable bonds is 7. The van der Waals surface area contributed by atoms with Gasteiger partial charge in [0.2, 0.25) is 0 Å². The highest BCUT2D eigenvalue weighted by atomic mass is 32.2. The van der Waals surface area contributed by atoms with E-state index in [9.17, 15) is 8.42 Å². The summed E-state index contributed by atoms with van der Waals surface area (Å²) in [7, 11) is -3.16. The van der Waals surface area contributed by atoms with Crippen LogP contribution >= 0.6 is 0 Å². The average Bonchev–Trinajstić information content (AvgIpc) is 2.86. The van der Waals surface area contributed by atoms with E-state index in [0.29, 0.717) is 18.0 Å². The molecule has 1 aromatic carbocycles. The Bertz CT molecular complexity index is 679. The van der Waals surface area contributed by atoms with Crippen LogP contribution in [0, 0.1) is 0 Å². The quantitative estimate of drug-likeness (QED) is 0.754. The molecule has 1 aromatic heterocycles. The fraction of sp³-hybridized carbons (Fsp3) is 0.462. The highest BCUT2D eigenvalue weighted by Crippen LogP contribution is 2.11. The average molecular weight is 309 g/mol. The van der Waals surface area contributed by atoms with Crippen LogP contribution in [0.1, 0.15) is 24.7 Å². The Hall–Kier alpha value is -1.80. The molecule has 0 radical (unpaired) electrons. The van der Waals surface area contributed by atoms with Crippen molar-refractivity contribution in [3.8, 4) is 0 Å². The molecule has 0 amide bonds. The Kier molecular flexibility index (Phi) is 5.03. The van der Waals surface area contributed by atoms with Gasteiger partial charge in [0.05, 0.1) is 18.0 Å². The summed E-state index contributed by atoms with van der Waals surface area (Å²) in [5, 5.41) is 14.9. The summed E-state index contributed by atoms with van der Waals surface area (Å²) >= 11 is 0. The number of tetrazole rings is 1. The van der Waals surface area contributed by atoms with Gasteiger partial charge in [0.15, 0.2) is 15.7 Å². The van der Waals surface area contributed by atoms with Gasteiger partial charge < -0.3 is 5.32 Å². The van der Waals surface area contributed by atoms with E-state index in [1.807, 2.05) is 0 Å². The van der Waals surface area contributed by atoms with Crippen molar-refractivity contribution >= 4 is 9.84 Å². The van der Waals surface area contributed by atoms with Crippen molar-refractivity contribution in [1.29, 1.82) is 0 Å². The van der Waals surface area contributed by atoms with Gasteiger partial charge in [0, 0.05) is 6.26 Å². The van der Waals surface area contributed by atoms with Crippen LogP contribution in [-0.2, 0) is 22.9 Å². The van der Waals surface area contributed by atoms with Gasteiger partial charge in [-0.1, -0.05) is 19.1 Å². The molecule has 114 valence electrons. The Balaban J connectivity index is 2.07. The standard InChI is InChI=1S/C13H19N5O2S/c1-3-8-14-9-13-15-16-17-18(13)10-11-4-6-12(7-5-11)21(2,19)20/h4-7,14H,3,8-10H2,1-2H3. The highest BCUT2D eigenvalue weighted by Gasteiger charge is 2.09. The van der Waals surface area contributed by atoms with Gasteiger partial charge in [-0.05, 0) is 41.1 Å². The van der Waals surface area contributed by atoms with E-state index < -0.39 is 9.84 Å². The van der Waals surface area contributed by atoms with E-state index >= 15 is 0 Å². The van der Waals surface area contributed by atoms with Crippen LogP contribution < -0.4 is 5.32 Å². The molecule has 21 heavy (non-hydrogen) atoms. The lowest BCUT2D eigenvalue weighted by molar-refractivity contribution is 0.577. The van der Waals surface area contributed by atoms with Crippen LogP contribution in [0.3, 0.4) is 0 Å². The normalized spacial score (nSPS) is 11.7. The summed E-state index contributed by atoms with van der Waals surface area (Å²) in [6, 6.07) is 6.76. The smallest absolute Gasteiger partial charge is 0.175 e. The maximum atomic E-state index is 11.4. The molecule has 2 aromatic rings. The maximum Gasteiger partial charge on any atom is 0.175 e. The van der Waals surface area contributed by atoms with Crippen molar-refractivity contribution in [2.75, 3.05) is 12.8 Å². The zero-order valence-electron chi connectivity index (χ0n) is 12.2. The fourth-order valence-electron chi connectivity index (χ4n) is 1.86. The Labute approximate surface area is 124 Å². The molecule has 0 aliphatic heterocycles. The SMILES string of the molecule is CCCNCc1nnnn1Cc1ccc(S(C)(=O)=O)cc1. The first kappa shape index (κ1) is 15.6. The van der Waals surface area contributed by atoms with Crippen molar-refractivity contribution in [3.63, 3.8) is 0 Å². The van der Waals surface area contributed by atoms with Crippen molar-refractivity contribution in [2.24, 2.45) is 0 Å². The van der Waals surface area contributed by atoms with Crippen LogP contribution in [0.4, 0.5) is 0 Å². The monoisotopic (exact) mass is 309 g/mol. The van der Waals surface area contributed by atoms with Crippen molar-refractivity contribution in [3.05, 3.63) is 35.7 Å². The molecule has 0 saturated heterocycles. The lowest BCUT2D eigenvalue weighted by atomic mass is 10.2. The number of hydrogen-bond acceptors (Lipinski definition) is 6. The van der Waals surface area contributed by atoms with Gasteiger partial charge >= 0.3 is 0 Å². The molecular weight excluding hydrogens is 290 g/mol. The minimum Gasteiger partial charge on any atom is -0.310 e. The van der Waals surface area contributed by atoms with Gasteiger partial charge in [-0.2, -0.15) is 0 Å². The lowest BCUT2D eigenvalue weighted by Crippen LogP contribution is -2.18. The molecular formula is C13H19N5O2S. The van der Waals surface area contributed by atoms with E-state index in [0.717, 1.165) is 24.4 Å². The Morgan fingerprint density at radius 1 is 1.24 bits per heavy atom. The van der Waals surface area contributed by atoms with Crippen LogP contribution in [-0.4, -0.2) is 41.4 Å². The van der Waals surface area contributed by atoms with Crippen LogP contribution in [0.2, 0.25) is 0 Å². The number of nitrogens with zero attached hydrogens (tertiary/aromatic N) is 4. The Morgan fingerprint density at radius 2 is 1.95 bits per heavy atom. The zero-order chi connectivity index (χ0) is 15.3. The third kappa shape index (κ3) is 4.33. The molecule has 2 rings (SSSR count). The Morgan fingerprint density at radius 3 is 2.57 bits per heavy atom. The molecule has 1 heterocycles. The van der Waals surface area contributed by atoms with E-state index in [4.69, 9.17) is 0 Å². The van der Waals surface area contributed by atoms with Gasteiger partial charge in [0.1, 0.15) is 0 Å². The number of benzene rings is 1. The maximum absolute atomic E-state index is 11.4. The van der Waals surface area contributed by atoms with E-state index in [-0.39, 0.29) is 0 Å². The topological polar surface area (TPSA) is 89.8 Å². The molecule has 7 nitrogen and oxygen atoms in total. The third-order valence-electron chi connectivity index (χ3n) is 3.00. The molecule has 0 aliphatic carbocycles. The first-order valence-electron chi connectivity index (χ1n) is 6.75. The van der Waals surface area contributed by atoms with E-state index in [1.165, 1.54) is 6.26 Å². The minimum absolute atomic E-state index is 0.313. The molecule has 8 heteroatoms. The molecule has 0 aliphatic rings. The lowest BCUT2D eigenvalue weighted by Gasteiger charge is -2.06. The molecule has 0 bridgehead atoms. The summed E-state index contributed by atoms with van der Waals surface area (Å²) in [5.41, 5.74) is 0.950. The second-order valence-corrected chi connectivity index (χ2v) is 6.86. The highest BCUT2D eigenvalue weighted by molar-refractivity contribution is 7.90. The van der Waals surface area contributed by atoms with Crippen LogP contribution in [0.25, 0.3) is 0 Å². The minimum atomic E-state index is -3.16. The van der Waals surface area contributed by atoms with Gasteiger partial charge in [-0.3, -0.25) is 0 Å². The molecule has 1 N–H and O–H groups in total. The summed E-state index contributed by atoms with van der Waals surface area (Å²) in [6.45, 7) is 4.14. The van der Waals surface area contributed by atoms with Gasteiger partial charge in [-0.25, -0.2) is 13.1 Å². The van der Waals surface area contributed by atoms with Crippen LogP contribution in [0.5, 0.6) is 0 Å². The molecule has 0 unspecified atom stereocenters. The van der Waals surface area contributed by atoms with Gasteiger partial charge in [0.25, 0.3) is 0 Å². The van der Waals surface area contributed by atoms with E-state index in [2.05, 4.69) is 27.8 Å². The number of sulfone groups is 1. The first-order valence-corrected chi connectivity index (χ1v) is 8.64. The predicted octanol–water partition coefficient (Wildman–Crippen LogP) is 0.624. The fourth-order valence-corrected chi connectivity index (χ4v) is 2.50. The third-order valence-corrected chi connectivity index (χ3v) is 4.13. The summed E-state index contributed by atoms with van der Waals surface area (Å²) in [4.78, 5) is 0.313. The number of hydrogen-bond donors (Lipinski definition) is 1. The number of nitrogens with one attached hydrogen (secondary N) is 1. The largest absolute Gasteiger partial charge is 0.310 e. The van der Waals surface area contributed by atoms with Crippen molar-refractivity contribution in [2.45, 2.75) is 31.3 Å². The second-order valence-electron chi connectivity index (χ2n) is 4.85. The predicted molar refractivity (Wildman–Crippen MR) is 78.5 cm³/mol. The molecule has 0 fully saturated rings. The summed E-state index contributed by atoms with van der Waals surface area (Å²) in [6.07, 6.45) is 2.25. The molecule has 0 saturated carbocycles. The second kappa shape index (κ2) is 6.77. The summed E-state index contributed by atoms with van der Waals surface area (Å²) < 4.78 is 24.5. The molecule has 0 atom stereocenters. The van der Waals surface area contributed by atoms with Crippen molar-refractivity contribution in [1.82, 2.24) is 25.5 Å². The van der Waals surface area contributed by atoms with Crippen LogP contribution in [0.15, 0.2) is 29.2 Å². The summed E-state index contributed by atoms with van der Waals surface area (Å²) in [5.74, 6) is 0.760.